The van der Waals surface area contributed by atoms with Gasteiger partial charge >= 0.3 is 0 Å². The number of ether oxygens (including phenoxy) is 4. The lowest BCUT2D eigenvalue weighted by Crippen LogP contribution is -2.00. The standard InChI is InChI=1S/C27H27NO5/c1-30-24-12-8-6-10-21(24)23(29)15-16-28-22-11-7-5-9-20(22)14-13-19-17-25(31-2)27(33-4)26(18-19)32-3/h5-18,28H,1-4H3/b14-13-,16-15-. The summed E-state index contributed by atoms with van der Waals surface area (Å²) in [4.78, 5) is 12.5. The van der Waals surface area contributed by atoms with Gasteiger partial charge < -0.3 is 24.3 Å². The van der Waals surface area contributed by atoms with E-state index >= 15 is 0 Å². The molecule has 0 unspecified atom stereocenters. The first-order valence-electron chi connectivity index (χ1n) is 10.3. The van der Waals surface area contributed by atoms with Crippen molar-refractivity contribution in [2.75, 3.05) is 33.8 Å². The highest BCUT2D eigenvalue weighted by atomic mass is 16.5. The Bertz CT molecular complexity index is 1140. The topological polar surface area (TPSA) is 66.0 Å². The van der Waals surface area contributed by atoms with Crippen LogP contribution in [0.5, 0.6) is 23.0 Å². The molecular weight excluding hydrogens is 418 g/mol. The molecule has 0 bridgehead atoms. The van der Waals surface area contributed by atoms with Crippen LogP contribution in [0.1, 0.15) is 21.5 Å². The Morgan fingerprint density at radius 1 is 0.758 bits per heavy atom. The third kappa shape index (κ3) is 5.74. The van der Waals surface area contributed by atoms with E-state index < -0.39 is 0 Å². The second kappa shape index (κ2) is 11.4. The normalized spacial score (nSPS) is 10.9. The van der Waals surface area contributed by atoms with Crippen LogP contribution in [0.25, 0.3) is 12.2 Å². The van der Waals surface area contributed by atoms with Gasteiger partial charge in [0.05, 0.1) is 34.0 Å². The molecule has 3 aromatic rings. The number of carbonyl (C=O) groups is 1. The summed E-state index contributed by atoms with van der Waals surface area (Å²) < 4.78 is 21.5. The minimum Gasteiger partial charge on any atom is -0.496 e. The molecule has 0 amide bonds. The molecule has 0 saturated heterocycles. The number of hydrogen-bond acceptors (Lipinski definition) is 6. The molecule has 0 heterocycles. The van der Waals surface area contributed by atoms with Crippen LogP contribution in [-0.4, -0.2) is 34.2 Å². The van der Waals surface area contributed by atoms with Crippen molar-refractivity contribution in [3.05, 3.63) is 89.6 Å². The molecule has 6 heteroatoms. The first-order valence-corrected chi connectivity index (χ1v) is 10.3. The van der Waals surface area contributed by atoms with E-state index in [1.165, 1.54) is 6.08 Å². The number of allylic oxidation sites excluding steroid dienone is 1. The zero-order valence-corrected chi connectivity index (χ0v) is 19.1. The molecule has 6 nitrogen and oxygen atoms in total. The minimum absolute atomic E-state index is 0.148. The van der Waals surface area contributed by atoms with E-state index in [-0.39, 0.29) is 5.78 Å². The van der Waals surface area contributed by atoms with Gasteiger partial charge in [-0.1, -0.05) is 42.5 Å². The SMILES string of the molecule is COc1ccccc1C(=O)/C=C\Nc1ccccc1/C=C\c1cc(OC)c(OC)c(OC)c1. The van der Waals surface area contributed by atoms with E-state index in [0.29, 0.717) is 28.6 Å². The quantitative estimate of drug-likeness (QED) is 0.245. The van der Waals surface area contributed by atoms with Gasteiger partial charge in [0, 0.05) is 18.0 Å². The van der Waals surface area contributed by atoms with E-state index in [2.05, 4.69) is 5.32 Å². The molecule has 3 rings (SSSR count). The van der Waals surface area contributed by atoms with Gasteiger partial charge in [-0.05, 0) is 41.5 Å². The largest absolute Gasteiger partial charge is 0.496 e. The van der Waals surface area contributed by atoms with Gasteiger partial charge in [-0.2, -0.15) is 0 Å². The summed E-state index contributed by atoms with van der Waals surface area (Å²) in [6, 6.07) is 18.7. The van der Waals surface area contributed by atoms with E-state index in [1.54, 1.807) is 52.8 Å². The zero-order chi connectivity index (χ0) is 23.6. The lowest BCUT2D eigenvalue weighted by Gasteiger charge is -2.13. The van der Waals surface area contributed by atoms with Crippen LogP contribution in [0.2, 0.25) is 0 Å². The van der Waals surface area contributed by atoms with Crippen LogP contribution in [-0.2, 0) is 0 Å². The first-order chi connectivity index (χ1) is 16.1. The predicted molar refractivity (Wildman–Crippen MR) is 132 cm³/mol. The van der Waals surface area contributed by atoms with Crippen molar-refractivity contribution in [3.8, 4) is 23.0 Å². The molecule has 3 aromatic carbocycles. The van der Waals surface area contributed by atoms with E-state index in [9.17, 15) is 4.79 Å². The number of benzene rings is 3. The number of methoxy groups -OCH3 is 4. The van der Waals surface area contributed by atoms with Gasteiger partial charge in [0.15, 0.2) is 17.3 Å². The van der Waals surface area contributed by atoms with Gasteiger partial charge in [0.2, 0.25) is 5.75 Å². The Balaban J connectivity index is 1.79. The Kier molecular flexibility index (Phi) is 8.13. The number of nitrogens with one attached hydrogen (secondary N) is 1. The lowest BCUT2D eigenvalue weighted by atomic mass is 10.1. The molecule has 170 valence electrons. The number of hydrogen-bond donors (Lipinski definition) is 1. The predicted octanol–water partition coefficient (Wildman–Crippen LogP) is 5.70. The highest BCUT2D eigenvalue weighted by Gasteiger charge is 2.12. The third-order valence-corrected chi connectivity index (χ3v) is 4.95. The average molecular weight is 446 g/mol. The third-order valence-electron chi connectivity index (χ3n) is 4.95. The monoisotopic (exact) mass is 445 g/mol. The molecule has 0 radical (unpaired) electrons. The zero-order valence-electron chi connectivity index (χ0n) is 19.1. The molecule has 0 aromatic heterocycles. The fourth-order valence-corrected chi connectivity index (χ4v) is 3.30. The van der Waals surface area contributed by atoms with Gasteiger partial charge in [0.1, 0.15) is 5.75 Å². The van der Waals surface area contributed by atoms with E-state index in [0.717, 1.165) is 16.8 Å². The highest BCUT2D eigenvalue weighted by Crippen LogP contribution is 2.38. The van der Waals surface area contributed by atoms with E-state index in [1.807, 2.05) is 54.6 Å². The maximum atomic E-state index is 12.5. The second-order valence-electron chi connectivity index (χ2n) is 6.92. The van der Waals surface area contributed by atoms with Crippen LogP contribution in [0.3, 0.4) is 0 Å². The van der Waals surface area contributed by atoms with E-state index in [4.69, 9.17) is 18.9 Å². The van der Waals surface area contributed by atoms with Crippen LogP contribution in [0.15, 0.2) is 72.9 Å². The number of para-hydroxylation sites is 2. The molecule has 0 saturated carbocycles. The van der Waals surface area contributed by atoms with Crippen molar-refractivity contribution < 1.29 is 23.7 Å². The molecule has 0 fully saturated rings. The summed E-state index contributed by atoms with van der Waals surface area (Å²) >= 11 is 0. The second-order valence-corrected chi connectivity index (χ2v) is 6.92. The molecular formula is C27H27NO5. The number of ketones is 1. The van der Waals surface area contributed by atoms with Gasteiger partial charge in [-0.15, -0.1) is 0 Å². The molecule has 0 aliphatic heterocycles. The Hall–Kier alpha value is -4.19. The molecule has 0 spiro atoms. The Labute approximate surface area is 194 Å². The van der Waals surface area contributed by atoms with Crippen molar-refractivity contribution >= 4 is 23.6 Å². The summed E-state index contributed by atoms with van der Waals surface area (Å²) in [5, 5.41) is 3.19. The Morgan fingerprint density at radius 2 is 1.39 bits per heavy atom. The summed E-state index contributed by atoms with van der Waals surface area (Å²) in [5.74, 6) is 2.11. The summed E-state index contributed by atoms with van der Waals surface area (Å²) in [6.45, 7) is 0. The molecule has 0 aliphatic rings. The first kappa shape index (κ1) is 23.5. The smallest absolute Gasteiger partial charge is 0.203 e. The minimum atomic E-state index is -0.148. The summed E-state index contributed by atoms with van der Waals surface area (Å²) in [5.41, 5.74) is 3.20. The van der Waals surface area contributed by atoms with Crippen molar-refractivity contribution in [3.63, 3.8) is 0 Å². The fraction of sp³-hybridized carbons (Fsp3) is 0.148. The maximum absolute atomic E-state index is 12.5. The number of anilines is 1. The molecule has 0 atom stereocenters. The van der Waals surface area contributed by atoms with Gasteiger partial charge in [-0.3, -0.25) is 4.79 Å². The van der Waals surface area contributed by atoms with Crippen molar-refractivity contribution in [1.29, 1.82) is 0 Å². The van der Waals surface area contributed by atoms with Crippen molar-refractivity contribution in [2.45, 2.75) is 0 Å². The van der Waals surface area contributed by atoms with Crippen molar-refractivity contribution in [1.82, 2.24) is 0 Å². The Morgan fingerprint density at radius 3 is 2.06 bits per heavy atom. The fourth-order valence-electron chi connectivity index (χ4n) is 3.30. The summed E-state index contributed by atoms with van der Waals surface area (Å²) in [7, 11) is 6.29. The molecule has 0 aliphatic carbocycles. The van der Waals surface area contributed by atoms with Gasteiger partial charge in [0.25, 0.3) is 0 Å². The van der Waals surface area contributed by atoms with Crippen LogP contribution in [0, 0.1) is 0 Å². The van der Waals surface area contributed by atoms with Gasteiger partial charge in [-0.25, -0.2) is 0 Å². The maximum Gasteiger partial charge on any atom is 0.203 e. The average Bonchev–Trinajstić information content (AvgIpc) is 2.87. The van der Waals surface area contributed by atoms with Crippen LogP contribution >= 0.6 is 0 Å². The lowest BCUT2D eigenvalue weighted by molar-refractivity contribution is 0.104. The highest BCUT2D eigenvalue weighted by molar-refractivity contribution is 6.06. The summed E-state index contributed by atoms with van der Waals surface area (Å²) in [6.07, 6.45) is 7.03. The molecule has 33 heavy (non-hydrogen) atoms. The van der Waals surface area contributed by atoms with Crippen molar-refractivity contribution in [2.24, 2.45) is 0 Å². The van der Waals surface area contributed by atoms with Crippen LogP contribution < -0.4 is 24.3 Å². The molecule has 1 N–H and O–H groups in total. The number of carbonyl (C=O) groups excluding carboxylic acids is 1. The number of rotatable bonds is 10. The van der Waals surface area contributed by atoms with Crippen LogP contribution in [0.4, 0.5) is 5.69 Å².